The molecule has 0 bridgehead atoms. The molecule has 0 aliphatic carbocycles. The molecule has 2 aromatic heterocycles. The molecule has 0 amide bonds. The van der Waals surface area contributed by atoms with Gasteiger partial charge in [-0.05, 0) is 28.9 Å². The number of nitrogen functional groups attached to an aromatic ring is 1. The largest absolute Gasteiger partial charge is 0.307 e. The highest BCUT2D eigenvalue weighted by Gasteiger charge is 2.26. The zero-order valence-corrected chi connectivity index (χ0v) is 14.6. The van der Waals surface area contributed by atoms with Gasteiger partial charge in [-0.1, -0.05) is 0 Å². The molecule has 114 valence electrons. The molecule has 0 atom stereocenters. The van der Waals surface area contributed by atoms with E-state index in [2.05, 4.69) is 31.3 Å². The van der Waals surface area contributed by atoms with Crippen LogP contribution in [-0.2, 0) is 16.6 Å². The molecule has 10 heteroatoms. The Hall–Kier alpha value is -1.07. The minimum absolute atomic E-state index is 0.0176. The summed E-state index contributed by atoms with van der Waals surface area (Å²) < 4.78 is 27.1. The summed E-state index contributed by atoms with van der Waals surface area (Å²) >= 11 is 4.64. The van der Waals surface area contributed by atoms with Crippen molar-refractivity contribution in [2.24, 2.45) is 5.84 Å². The maximum absolute atomic E-state index is 12.7. The first-order valence-electron chi connectivity index (χ1n) is 5.83. The first-order chi connectivity index (χ1) is 9.86. The Balaban J connectivity index is 2.37. The summed E-state index contributed by atoms with van der Waals surface area (Å²) in [4.78, 5) is 8.99. The van der Waals surface area contributed by atoms with Gasteiger partial charge in [0, 0.05) is 29.1 Å². The second-order valence-electron chi connectivity index (χ2n) is 4.27. The highest BCUT2D eigenvalue weighted by molar-refractivity contribution is 9.10. The predicted molar refractivity (Wildman–Crippen MR) is 85.3 cm³/mol. The van der Waals surface area contributed by atoms with Crippen LogP contribution in [0.1, 0.15) is 10.6 Å². The van der Waals surface area contributed by atoms with E-state index in [4.69, 9.17) is 5.84 Å². The summed E-state index contributed by atoms with van der Waals surface area (Å²) in [6, 6.07) is 1.47. The lowest BCUT2D eigenvalue weighted by atomic mass is 10.4. The normalized spacial score (nSPS) is 11.9. The Bertz CT molecular complexity index is 747. The lowest BCUT2D eigenvalue weighted by Crippen LogP contribution is -2.28. The quantitative estimate of drug-likeness (QED) is 0.594. The van der Waals surface area contributed by atoms with Crippen LogP contribution < -0.4 is 11.3 Å². The van der Waals surface area contributed by atoms with Crippen LogP contribution in [0.2, 0.25) is 0 Å². The molecule has 0 spiro atoms. The number of rotatable bonds is 5. The van der Waals surface area contributed by atoms with Gasteiger partial charge in [-0.3, -0.25) is 0 Å². The number of hydrogen-bond donors (Lipinski definition) is 2. The van der Waals surface area contributed by atoms with Crippen molar-refractivity contribution in [3.8, 4) is 0 Å². The van der Waals surface area contributed by atoms with Crippen molar-refractivity contribution >= 4 is 43.1 Å². The number of aromatic nitrogens is 2. The molecular formula is C11H14BrN5O2S2. The molecular weight excluding hydrogens is 378 g/mol. The van der Waals surface area contributed by atoms with Crippen molar-refractivity contribution in [3.63, 3.8) is 0 Å². The smallest absolute Gasteiger partial charge is 0.246 e. The second kappa shape index (κ2) is 6.36. The zero-order valence-electron chi connectivity index (χ0n) is 11.4. The van der Waals surface area contributed by atoms with E-state index >= 15 is 0 Å². The predicted octanol–water partition coefficient (Wildman–Crippen LogP) is 1.72. The molecule has 0 radical (unpaired) electrons. The van der Waals surface area contributed by atoms with Crippen molar-refractivity contribution in [2.45, 2.75) is 18.4 Å². The number of nitrogens with one attached hydrogen (secondary N) is 1. The summed E-state index contributed by atoms with van der Waals surface area (Å²) in [6.07, 6.45) is 1.47. The van der Waals surface area contributed by atoms with Gasteiger partial charge in [-0.25, -0.2) is 24.2 Å². The molecule has 0 aliphatic rings. The number of nitrogens with two attached hydrogens (primary N) is 1. The summed E-state index contributed by atoms with van der Waals surface area (Å²) in [5.74, 6) is 5.44. The maximum atomic E-state index is 12.7. The Morgan fingerprint density at radius 3 is 2.76 bits per heavy atom. The third kappa shape index (κ3) is 3.40. The van der Waals surface area contributed by atoms with Crippen LogP contribution in [0.5, 0.6) is 0 Å². The van der Waals surface area contributed by atoms with Crippen molar-refractivity contribution < 1.29 is 8.42 Å². The van der Waals surface area contributed by atoms with E-state index in [1.807, 2.05) is 6.92 Å². The van der Waals surface area contributed by atoms with Gasteiger partial charge in [0.05, 0.1) is 11.2 Å². The average Bonchev–Trinajstić information content (AvgIpc) is 2.84. The summed E-state index contributed by atoms with van der Waals surface area (Å²) in [5, 5.41) is 0. The van der Waals surface area contributed by atoms with Crippen LogP contribution in [0.3, 0.4) is 0 Å². The van der Waals surface area contributed by atoms with Gasteiger partial charge in [-0.2, -0.15) is 4.31 Å². The summed E-state index contributed by atoms with van der Waals surface area (Å²) in [7, 11) is -2.21. The fraction of sp³-hybridized carbons (Fsp3) is 0.273. The minimum atomic E-state index is -3.72. The topological polar surface area (TPSA) is 101 Å². The summed E-state index contributed by atoms with van der Waals surface area (Å²) in [6.45, 7) is 2.09. The number of pyridine rings is 1. The van der Waals surface area contributed by atoms with Crippen molar-refractivity contribution in [1.82, 2.24) is 14.3 Å². The average molecular weight is 392 g/mol. The monoisotopic (exact) mass is 391 g/mol. The van der Waals surface area contributed by atoms with Crippen LogP contribution >= 0.6 is 27.3 Å². The molecule has 0 saturated heterocycles. The lowest BCUT2D eigenvalue weighted by Gasteiger charge is -2.18. The van der Waals surface area contributed by atoms with Gasteiger partial charge >= 0.3 is 0 Å². The molecule has 2 rings (SSSR count). The van der Waals surface area contributed by atoms with Gasteiger partial charge in [-0.15, -0.1) is 11.3 Å². The molecule has 2 aromatic rings. The van der Waals surface area contributed by atoms with Gasteiger partial charge in [0.25, 0.3) is 0 Å². The molecule has 3 N–H and O–H groups in total. The van der Waals surface area contributed by atoms with Crippen molar-refractivity contribution in [2.75, 3.05) is 12.5 Å². The third-order valence-corrected chi connectivity index (χ3v) is 6.03. The number of thiazole rings is 1. The van der Waals surface area contributed by atoms with Crippen LogP contribution in [-0.4, -0.2) is 29.7 Å². The molecule has 0 aromatic carbocycles. The van der Waals surface area contributed by atoms with Crippen LogP contribution in [0, 0.1) is 6.92 Å². The van der Waals surface area contributed by atoms with Gasteiger partial charge in [0.15, 0.2) is 5.82 Å². The van der Waals surface area contributed by atoms with E-state index < -0.39 is 10.0 Å². The minimum Gasteiger partial charge on any atom is -0.307 e. The number of anilines is 1. The maximum Gasteiger partial charge on any atom is 0.246 e. The highest BCUT2D eigenvalue weighted by Crippen LogP contribution is 2.26. The van der Waals surface area contributed by atoms with E-state index in [1.54, 1.807) is 5.51 Å². The third-order valence-electron chi connectivity index (χ3n) is 2.86. The molecule has 0 aliphatic heterocycles. The molecule has 0 unspecified atom stereocenters. The lowest BCUT2D eigenvalue weighted by molar-refractivity contribution is 0.468. The van der Waals surface area contributed by atoms with Crippen LogP contribution in [0.4, 0.5) is 5.82 Å². The van der Waals surface area contributed by atoms with Crippen molar-refractivity contribution in [3.05, 3.63) is 32.8 Å². The fourth-order valence-corrected chi connectivity index (χ4v) is 4.32. The molecule has 0 fully saturated rings. The number of aryl methyl sites for hydroxylation is 1. The summed E-state index contributed by atoms with van der Waals surface area (Å²) in [5.41, 5.74) is 4.83. The van der Waals surface area contributed by atoms with Crippen LogP contribution in [0.25, 0.3) is 0 Å². The number of hydrogen-bond acceptors (Lipinski definition) is 7. The first kappa shape index (κ1) is 16.3. The Morgan fingerprint density at radius 1 is 1.48 bits per heavy atom. The first-order valence-corrected chi connectivity index (χ1v) is 8.95. The van der Waals surface area contributed by atoms with Crippen LogP contribution in [0.15, 0.2) is 27.1 Å². The van der Waals surface area contributed by atoms with E-state index in [0.717, 1.165) is 10.6 Å². The van der Waals surface area contributed by atoms with Gasteiger partial charge in [0.2, 0.25) is 10.0 Å². The number of nitrogens with zero attached hydrogens (tertiary/aromatic N) is 3. The van der Waals surface area contributed by atoms with Gasteiger partial charge < -0.3 is 5.43 Å². The van der Waals surface area contributed by atoms with Gasteiger partial charge in [0.1, 0.15) is 4.90 Å². The van der Waals surface area contributed by atoms with E-state index in [1.165, 1.54) is 35.0 Å². The Kier molecular flexibility index (Phi) is 4.94. The van der Waals surface area contributed by atoms with E-state index in [-0.39, 0.29) is 17.3 Å². The zero-order chi connectivity index (χ0) is 15.6. The standard InChI is InChI=1S/C11H14BrN5O2S2/c1-7-9(20-6-15-7)5-17(2)21(18,19)10-3-8(12)4-14-11(10)16-13/h3-4,6H,5,13H2,1-2H3,(H,14,16). The molecule has 7 nitrogen and oxygen atoms in total. The highest BCUT2D eigenvalue weighted by atomic mass is 79.9. The fourth-order valence-electron chi connectivity index (χ4n) is 1.66. The number of sulfonamides is 1. The molecule has 0 saturated carbocycles. The number of hydrazine groups is 1. The molecule has 2 heterocycles. The van der Waals surface area contributed by atoms with E-state index in [9.17, 15) is 8.42 Å². The molecule has 21 heavy (non-hydrogen) atoms. The second-order valence-corrected chi connectivity index (χ2v) is 8.13. The van der Waals surface area contributed by atoms with E-state index in [0.29, 0.717) is 4.47 Å². The Labute approximate surface area is 135 Å². The van der Waals surface area contributed by atoms with Crippen molar-refractivity contribution in [1.29, 1.82) is 0 Å². The Morgan fingerprint density at radius 2 is 2.19 bits per heavy atom. The number of halogens is 1. The SMILES string of the molecule is Cc1ncsc1CN(C)S(=O)(=O)c1cc(Br)cnc1NN.